The minimum absolute atomic E-state index is 0.190. The fourth-order valence-corrected chi connectivity index (χ4v) is 4.08. The number of nitrogens with one attached hydrogen (secondary N) is 1. The summed E-state index contributed by atoms with van der Waals surface area (Å²) in [6, 6.07) is 4.48. The summed E-state index contributed by atoms with van der Waals surface area (Å²) in [4.78, 5) is 0. The molecule has 2 unspecified atom stereocenters. The van der Waals surface area contributed by atoms with Gasteiger partial charge in [-0.15, -0.1) is 0 Å². The zero-order valence-corrected chi connectivity index (χ0v) is 12.1. The van der Waals surface area contributed by atoms with Gasteiger partial charge >= 0.3 is 0 Å². The average Bonchev–Trinajstić information content (AvgIpc) is 2.85. The second-order valence-corrected chi connectivity index (χ2v) is 6.12. The van der Waals surface area contributed by atoms with Gasteiger partial charge in [0.25, 0.3) is 0 Å². The van der Waals surface area contributed by atoms with Crippen LogP contribution in [0, 0.1) is 19.8 Å². The molecule has 3 N–H and O–H groups in total. The van der Waals surface area contributed by atoms with Gasteiger partial charge in [0.2, 0.25) is 0 Å². The van der Waals surface area contributed by atoms with E-state index in [-0.39, 0.29) is 6.04 Å². The number of aryl methyl sites for hydroxylation is 2. The van der Waals surface area contributed by atoms with E-state index in [0.717, 1.165) is 5.75 Å². The summed E-state index contributed by atoms with van der Waals surface area (Å²) >= 11 is 2.01. The molecule has 0 radical (unpaired) electrons. The lowest BCUT2D eigenvalue weighted by molar-refractivity contribution is 0.363. The molecule has 1 aliphatic heterocycles. The summed E-state index contributed by atoms with van der Waals surface area (Å²) in [5, 5.41) is 0. The van der Waals surface area contributed by atoms with Crippen molar-refractivity contribution in [2.24, 2.45) is 11.8 Å². The van der Waals surface area contributed by atoms with Crippen LogP contribution in [-0.4, -0.2) is 18.6 Å². The molecule has 0 saturated carbocycles. The van der Waals surface area contributed by atoms with Gasteiger partial charge in [0, 0.05) is 5.56 Å². The van der Waals surface area contributed by atoms with Crippen molar-refractivity contribution in [3.63, 3.8) is 0 Å². The minimum Gasteiger partial charge on any atom is -0.496 e. The van der Waals surface area contributed by atoms with Gasteiger partial charge in [0.05, 0.1) is 13.2 Å². The van der Waals surface area contributed by atoms with Crippen molar-refractivity contribution in [1.82, 2.24) is 5.43 Å². The summed E-state index contributed by atoms with van der Waals surface area (Å²) < 4.78 is 5.55. The van der Waals surface area contributed by atoms with Crippen molar-refractivity contribution in [2.45, 2.75) is 26.3 Å². The molecular formula is C14H22N2OS. The summed E-state index contributed by atoms with van der Waals surface area (Å²) in [6.45, 7) is 4.23. The Balaban J connectivity index is 2.40. The molecule has 1 aromatic carbocycles. The van der Waals surface area contributed by atoms with E-state index in [1.165, 1.54) is 34.6 Å². The predicted molar refractivity (Wildman–Crippen MR) is 78.0 cm³/mol. The highest BCUT2D eigenvalue weighted by atomic mass is 32.2. The lowest BCUT2D eigenvalue weighted by Crippen LogP contribution is -2.34. The molecule has 1 saturated heterocycles. The molecule has 1 aliphatic rings. The number of benzene rings is 1. The number of thioether (sulfide) groups is 1. The number of hydrogen-bond donors (Lipinski definition) is 2. The maximum absolute atomic E-state index is 5.80. The summed E-state index contributed by atoms with van der Waals surface area (Å²) in [7, 11) is 1.73. The fourth-order valence-electron chi connectivity index (χ4n) is 2.78. The first kappa shape index (κ1) is 13.7. The van der Waals surface area contributed by atoms with Crippen LogP contribution in [0.25, 0.3) is 0 Å². The van der Waals surface area contributed by atoms with Gasteiger partial charge in [-0.3, -0.25) is 11.3 Å². The van der Waals surface area contributed by atoms with Crippen LogP contribution < -0.4 is 16.0 Å². The first-order valence-corrected chi connectivity index (χ1v) is 7.51. The van der Waals surface area contributed by atoms with E-state index < -0.39 is 0 Å². The zero-order chi connectivity index (χ0) is 13.1. The molecule has 0 spiro atoms. The molecular weight excluding hydrogens is 244 g/mol. The van der Waals surface area contributed by atoms with E-state index in [2.05, 4.69) is 31.4 Å². The molecule has 1 aromatic rings. The van der Waals surface area contributed by atoms with E-state index in [1.54, 1.807) is 7.11 Å². The predicted octanol–water partition coefficient (Wildman–Crippen LogP) is 2.57. The van der Waals surface area contributed by atoms with Crippen molar-refractivity contribution in [1.29, 1.82) is 0 Å². The molecule has 18 heavy (non-hydrogen) atoms. The number of rotatable bonds is 4. The fraction of sp³-hybridized carbons (Fsp3) is 0.571. The van der Waals surface area contributed by atoms with Crippen molar-refractivity contribution < 1.29 is 4.74 Å². The number of ether oxygens (including phenoxy) is 1. The van der Waals surface area contributed by atoms with E-state index >= 15 is 0 Å². The second-order valence-electron chi connectivity index (χ2n) is 4.97. The Morgan fingerprint density at radius 3 is 2.78 bits per heavy atom. The van der Waals surface area contributed by atoms with Crippen LogP contribution in [0.15, 0.2) is 12.1 Å². The van der Waals surface area contributed by atoms with Gasteiger partial charge in [0.15, 0.2) is 0 Å². The van der Waals surface area contributed by atoms with Gasteiger partial charge < -0.3 is 4.74 Å². The molecule has 3 nitrogen and oxygen atoms in total. The number of hydrogen-bond acceptors (Lipinski definition) is 4. The molecule has 0 aliphatic carbocycles. The molecule has 4 heteroatoms. The second kappa shape index (κ2) is 5.95. The number of hydrazine groups is 1. The van der Waals surface area contributed by atoms with Crippen LogP contribution in [0.4, 0.5) is 0 Å². The molecule has 0 amide bonds. The van der Waals surface area contributed by atoms with Gasteiger partial charge in [-0.05, 0) is 54.9 Å². The van der Waals surface area contributed by atoms with Crippen LogP contribution >= 0.6 is 11.8 Å². The van der Waals surface area contributed by atoms with Gasteiger partial charge in [-0.1, -0.05) is 6.07 Å². The maximum atomic E-state index is 5.80. The lowest BCUT2D eigenvalue weighted by Gasteiger charge is -2.26. The smallest absolute Gasteiger partial charge is 0.124 e. The quantitative estimate of drug-likeness (QED) is 0.649. The van der Waals surface area contributed by atoms with Crippen LogP contribution in [0.1, 0.15) is 29.2 Å². The van der Waals surface area contributed by atoms with Crippen molar-refractivity contribution in [2.75, 3.05) is 18.6 Å². The maximum Gasteiger partial charge on any atom is 0.124 e. The average molecular weight is 266 g/mol. The van der Waals surface area contributed by atoms with E-state index in [4.69, 9.17) is 10.6 Å². The minimum atomic E-state index is 0.190. The zero-order valence-electron chi connectivity index (χ0n) is 11.3. The van der Waals surface area contributed by atoms with Gasteiger partial charge in [0.1, 0.15) is 5.75 Å². The first-order chi connectivity index (χ1) is 8.67. The van der Waals surface area contributed by atoms with Crippen LogP contribution in [0.3, 0.4) is 0 Å². The Kier molecular flexibility index (Phi) is 4.54. The third-order valence-corrected chi connectivity index (χ3v) is 4.83. The van der Waals surface area contributed by atoms with Crippen molar-refractivity contribution in [3.8, 4) is 5.75 Å². The van der Waals surface area contributed by atoms with Gasteiger partial charge in [-0.2, -0.15) is 11.8 Å². The third kappa shape index (κ3) is 2.66. The number of methoxy groups -OCH3 is 1. The molecule has 2 atom stereocenters. The Morgan fingerprint density at radius 1 is 1.44 bits per heavy atom. The normalized spacial score (nSPS) is 21.0. The molecule has 1 fully saturated rings. The van der Waals surface area contributed by atoms with E-state index in [1.807, 2.05) is 11.8 Å². The molecule has 1 heterocycles. The van der Waals surface area contributed by atoms with E-state index in [0.29, 0.717) is 5.92 Å². The van der Waals surface area contributed by atoms with Crippen molar-refractivity contribution in [3.05, 3.63) is 28.8 Å². The van der Waals surface area contributed by atoms with Crippen LogP contribution in [-0.2, 0) is 0 Å². The Hall–Kier alpha value is -0.710. The van der Waals surface area contributed by atoms with Gasteiger partial charge in [-0.25, -0.2) is 0 Å². The Bertz CT molecular complexity index is 417. The van der Waals surface area contributed by atoms with Crippen molar-refractivity contribution >= 4 is 11.8 Å². The Labute approximate surface area is 113 Å². The molecule has 0 bridgehead atoms. The van der Waals surface area contributed by atoms with E-state index in [9.17, 15) is 0 Å². The first-order valence-electron chi connectivity index (χ1n) is 6.36. The molecule has 0 aromatic heterocycles. The SMILES string of the molecule is COc1cc(C)cc(C)c1C(NN)C1CCSC1. The van der Waals surface area contributed by atoms with Crippen LogP contribution in [0.5, 0.6) is 5.75 Å². The molecule has 100 valence electrons. The third-order valence-electron chi connectivity index (χ3n) is 3.64. The highest BCUT2D eigenvalue weighted by molar-refractivity contribution is 7.99. The summed E-state index contributed by atoms with van der Waals surface area (Å²) in [6.07, 6.45) is 1.22. The molecule has 2 rings (SSSR count). The topological polar surface area (TPSA) is 47.3 Å². The number of nitrogens with two attached hydrogens (primary N) is 1. The standard InChI is InChI=1S/C14H22N2OS/c1-9-6-10(2)13(12(7-9)17-3)14(16-15)11-4-5-18-8-11/h6-7,11,14,16H,4-5,8,15H2,1-3H3. The van der Waals surface area contributed by atoms with Crippen LogP contribution in [0.2, 0.25) is 0 Å². The Morgan fingerprint density at radius 2 is 2.22 bits per heavy atom. The monoisotopic (exact) mass is 266 g/mol. The highest BCUT2D eigenvalue weighted by Gasteiger charge is 2.29. The summed E-state index contributed by atoms with van der Waals surface area (Å²) in [5.74, 6) is 9.75. The summed E-state index contributed by atoms with van der Waals surface area (Å²) in [5.41, 5.74) is 6.71. The lowest BCUT2D eigenvalue weighted by atomic mass is 9.89. The highest BCUT2D eigenvalue weighted by Crippen LogP contribution is 2.39. The largest absolute Gasteiger partial charge is 0.496 e.